The van der Waals surface area contributed by atoms with Crippen LogP contribution in [0.3, 0.4) is 0 Å². The summed E-state index contributed by atoms with van der Waals surface area (Å²) in [5.41, 5.74) is 2.60. The molecule has 0 spiro atoms. The number of rotatable bonds is 6. The van der Waals surface area contributed by atoms with Crippen molar-refractivity contribution in [1.29, 1.82) is 0 Å². The van der Waals surface area contributed by atoms with Crippen LogP contribution in [0.2, 0.25) is 0 Å². The molecule has 3 amide bonds. The Bertz CT molecular complexity index is 810. The van der Waals surface area contributed by atoms with Crippen LogP contribution in [0.4, 0.5) is 5.69 Å². The van der Waals surface area contributed by atoms with Crippen LogP contribution >= 0.6 is 0 Å². The van der Waals surface area contributed by atoms with Crippen molar-refractivity contribution in [3.05, 3.63) is 29.3 Å². The van der Waals surface area contributed by atoms with Gasteiger partial charge in [-0.05, 0) is 50.8 Å². The van der Waals surface area contributed by atoms with Crippen molar-refractivity contribution in [2.24, 2.45) is 11.8 Å². The maximum Gasteiger partial charge on any atom is 0.308 e. The number of fused-ring (bicyclic) bond motifs is 1. The van der Waals surface area contributed by atoms with E-state index in [0.29, 0.717) is 5.69 Å². The van der Waals surface area contributed by atoms with E-state index in [0.717, 1.165) is 36.8 Å². The molecule has 3 atom stereocenters. The van der Waals surface area contributed by atoms with Gasteiger partial charge in [0.15, 0.2) is 6.10 Å². The number of esters is 1. The summed E-state index contributed by atoms with van der Waals surface area (Å²) in [6.07, 6.45) is 2.32. The Morgan fingerprint density at radius 3 is 2.38 bits per heavy atom. The van der Waals surface area contributed by atoms with E-state index >= 15 is 0 Å². The Hall–Kier alpha value is -2.70. The fourth-order valence-electron chi connectivity index (χ4n) is 4.07. The van der Waals surface area contributed by atoms with Crippen LogP contribution in [0, 0.1) is 25.7 Å². The number of imide groups is 1. The number of ether oxygens (including phenoxy) is 1. The predicted molar refractivity (Wildman–Crippen MR) is 107 cm³/mol. The second kappa shape index (κ2) is 8.76. The number of aryl methyl sites for hydroxylation is 2. The molecule has 0 aromatic heterocycles. The molecular weight excluding hydrogens is 372 g/mol. The highest BCUT2D eigenvalue weighted by molar-refractivity contribution is 6.05. The fourth-order valence-corrected chi connectivity index (χ4v) is 4.07. The van der Waals surface area contributed by atoms with Crippen molar-refractivity contribution < 1.29 is 23.9 Å². The largest absolute Gasteiger partial charge is 0.452 e. The lowest BCUT2D eigenvalue weighted by atomic mass is 9.81. The molecule has 0 bridgehead atoms. The summed E-state index contributed by atoms with van der Waals surface area (Å²) in [5.74, 6) is -1.83. The maximum absolute atomic E-state index is 12.4. The number of hydrogen-bond donors (Lipinski definition) is 1. The van der Waals surface area contributed by atoms with Crippen LogP contribution in [0.25, 0.3) is 0 Å². The number of likely N-dealkylation sites (tertiary alicyclic amines) is 1. The smallest absolute Gasteiger partial charge is 0.308 e. The van der Waals surface area contributed by atoms with Crippen LogP contribution in [-0.4, -0.2) is 41.2 Å². The standard InChI is InChI=1S/C22H28N2O5/c1-13-8-9-14(2)18(12-13)23-20(26)15(3)29-19(25)10-11-24-21(27)16-6-4-5-7-17(16)22(24)28/h8-9,12,15-17H,4-7,10-11H2,1-3H3,(H,23,26)/t15-,16+,17+/m1/s1. The van der Waals surface area contributed by atoms with Gasteiger partial charge in [-0.15, -0.1) is 0 Å². The number of hydrogen-bond acceptors (Lipinski definition) is 5. The van der Waals surface area contributed by atoms with E-state index in [1.165, 1.54) is 11.8 Å². The quantitative estimate of drug-likeness (QED) is 0.585. The van der Waals surface area contributed by atoms with E-state index in [9.17, 15) is 19.2 Å². The summed E-state index contributed by atoms with van der Waals surface area (Å²) in [7, 11) is 0. The van der Waals surface area contributed by atoms with Gasteiger partial charge in [0.1, 0.15) is 0 Å². The zero-order valence-electron chi connectivity index (χ0n) is 17.2. The second-order valence-corrected chi connectivity index (χ2v) is 8.02. The molecule has 1 aliphatic carbocycles. The molecule has 0 radical (unpaired) electrons. The molecule has 1 aromatic carbocycles. The lowest BCUT2D eigenvalue weighted by Gasteiger charge is -2.19. The predicted octanol–water partition coefficient (Wildman–Crippen LogP) is 2.74. The summed E-state index contributed by atoms with van der Waals surface area (Å²) in [5, 5.41) is 2.77. The molecule has 1 heterocycles. The minimum Gasteiger partial charge on any atom is -0.452 e. The van der Waals surface area contributed by atoms with E-state index in [-0.39, 0.29) is 36.6 Å². The Kier molecular flexibility index (Phi) is 6.35. The highest BCUT2D eigenvalue weighted by atomic mass is 16.5. The third-order valence-corrected chi connectivity index (χ3v) is 5.80. The number of carbonyl (C=O) groups is 4. The SMILES string of the molecule is Cc1ccc(C)c(NC(=O)[C@@H](C)OC(=O)CCN2C(=O)[C@H]3CCCC[C@@H]3C2=O)c1. The Labute approximate surface area is 170 Å². The summed E-state index contributed by atoms with van der Waals surface area (Å²) >= 11 is 0. The van der Waals surface area contributed by atoms with Crippen molar-refractivity contribution in [2.75, 3.05) is 11.9 Å². The lowest BCUT2D eigenvalue weighted by molar-refractivity contribution is -0.154. The molecule has 156 valence electrons. The van der Waals surface area contributed by atoms with Gasteiger partial charge >= 0.3 is 5.97 Å². The van der Waals surface area contributed by atoms with E-state index in [4.69, 9.17) is 4.74 Å². The Morgan fingerprint density at radius 2 is 1.76 bits per heavy atom. The van der Waals surface area contributed by atoms with Gasteiger partial charge in [-0.25, -0.2) is 0 Å². The molecule has 2 aliphatic rings. The summed E-state index contributed by atoms with van der Waals surface area (Å²) < 4.78 is 5.20. The number of nitrogens with zero attached hydrogens (tertiary/aromatic N) is 1. The minimum atomic E-state index is -0.977. The molecule has 1 saturated heterocycles. The third kappa shape index (κ3) is 4.66. The van der Waals surface area contributed by atoms with Gasteiger partial charge < -0.3 is 10.1 Å². The van der Waals surface area contributed by atoms with Gasteiger partial charge in [0, 0.05) is 12.2 Å². The molecule has 1 aliphatic heterocycles. The van der Waals surface area contributed by atoms with Gasteiger partial charge in [0.25, 0.3) is 5.91 Å². The summed E-state index contributed by atoms with van der Waals surface area (Å²) in [6, 6.07) is 5.71. The molecule has 1 saturated carbocycles. The molecule has 0 unspecified atom stereocenters. The van der Waals surface area contributed by atoms with Crippen molar-refractivity contribution in [3.63, 3.8) is 0 Å². The van der Waals surface area contributed by atoms with Crippen molar-refractivity contribution in [3.8, 4) is 0 Å². The normalized spacial score (nSPS) is 22.2. The van der Waals surface area contributed by atoms with Crippen LogP contribution in [-0.2, 0) is 23.9 Å². The number of nitrogens with one attached hydrogen (secondary N) is 1. The first kappa shape index (κ1) is 21.0. The molecule has 1 N–H and O–H groups in total. The summed E-state index contributed by atoms with van der Waals surface area (Å²) in [4.78, 5) is 50.6. The molecule has 29 heavy (non-hydrogen) atoms. The topological polar surface area (TPSA) is 92.8 Å². The van der Waals surface area contributed by atoms with E-state index in [1.54, 1.807) is 0 Å². The van der Waals surface area contributed by atoms with Gasteiger partial charge in [-0.3, -0.25) is 24.1 Å². The number of carbonyl (C=O) groups excluding carboxylic acids is 4. The molecule has 1 aromatic rings. The number of amides is 3. The highest BCUT2D eigenvalue weighted by Crippen LogP contribution is 2.38. The molecular formula is C22H28N2O5. The Balaban J connectivity index is 1.50. The van der Waals surface area contributed by atoms with Gasteiger partial charge in [-0.1, -0.05) is 25.0 Å². The van der Waals surface area contributed by atoms with Crippen molar-refractivity contribution >= 4 is 29.4 Å². The minimum absolute atomic E-state index is 0.00876. The Morgan fingerprint density at radius 1 is 1.14 bits per heavy atom. The first-order chi connectivity index (χ1) is 13.8. The van der Waals surface area contributed by atoms with Crippen molar-refractivity contribution in [2.45, 2.75) is 59.0 Å². The molecule has 7 nitrogen and oxygen atoms in total. The first-order valence-corrected chi connectivity index (χ1v) is 10.2. The lowest BCUT2D eigenvalue weighted by Crippen LogP contribution is -2.35. The van der Waals surface area contributed by atoms with E-state index in [1.807, 2.05) is 32.0 Å². The van der Waals surface area contributed by atoms with E-state index in [2.05, 4.69) is 5.32 Å². The maximum atomic E-state index is 12.4. The summed E-state index contributed by atoms with van der Waals surface area (Å²) in [6.45, 7) is 5.32. The number of benzene rings is 1. The second-order valence-electron chi connectivity index (χ2n) is 8.02. The fraction of sp³-hybridized carbons (Fsp3) is 0.545. The van der Waals surface area contributed by atoms with Crippen LogP contribution < -0.4 is 5.32 Å². The van der Waals surface area contributed by atoms with E-state index < -0.39 is 18.0 Å². The average molecular weight is 400 g/mol. The zero-order valence-corrected chi connectivity index (χ0v) is 17.2. The molecule has 3 rings (SSSR count). The molecule has 7 heteroatoms. The highest BCUT2D eigenvalue weighted by Gasteiger charge is 2.47. The van der Waals surface area contributed by atoms with Gasteiger partial charge in [0.2, 0.25) is 11.8 Å². The van der Waals surface area contributed by atoms with Crippen LogP contribution in [0.5, 0.6) is 0 Å². The van der Waals surface area contributed by atoms with Crippen LogP contribution in [0.15, 0.2) is 18.2 Å². The molecule has 2 fully saturated rings. The van der Waals surface area contributed by atoms with Crippen molar-refractivity contribution in [1.82, 2.24) is 4.90 Å². The number of anilines is 1. The van der Waals surface area contributed by atoms with Gasteiger partial charge in [-0.2, -0.15) is 0 Å². The van der Waals surface area contributed by atoms with Gasteiger partial charge in [0.05, 0.1) is 18.3 Å². The third-order valence-electron chi connectivity index (χ3n) is 5.80. The monoisotopic (exact) mass is 400 g/mol. The van der Waals surface area contributed by atoms with Crippen LogP contribution in [0.1, 0.15) is 50.2 Å². The average Bonchev–Trinajstić information content (AvgIpc) is 2.93. The zero-order chi connectivity index (χ0) is 21.1. The first-order valence-electron chi connectivity index (χ1n) is 10.2.